The number of halogens is 2. The van der Waals surface area contributed by atoms with Crippen molar-refractivity contribution < 1.29 is 4.39 Å². The fraction of sp³-hybridized carbons (Fsp3) is 0.348. The molecule has 1 aromatic heterocycles. The Morgan fingerprint density at radius 3 is 2.78 bits per heavy atom. The molecule has 0 amide bonds. The molecule has 1 heterocycles. The van der Waals surface area contributed by atoms with Crippen LogP contribution in [0.3, 0.4) is 0 Å². The first-order valence-electron chi connectivity index (χ1n) is 9.62. The highest BCUT2D eigenvalue weighted by Gasteiger charge is 2.21. The Balaban J connectivity index is 1.73. The van der Waals surface area contributed by atoms with E-state index in [2.05, 4.69) is 26.0 Å². The van der Waals surface area contributed by atoms with Crippen molar-refractivity contribution >= 4 is 11.6 Å². The summed E-state index contributed by atoms with van der Waals surface area (Å²) in [5, 5.41) is 5.58. The normalized spacial score (nSPS) is 16.8. The van der Waals surface area contributed by atoms with Gasteiger partial charge in [-0.2, -0.15) is 5.10 Å². The Hall–Kier alpha value is -2.13. The van der Waals surface area contributed by atoms with Crippen molar-refractivity contribution in [3.05, 3.63) is 81.4 Å². The summed E-state index contributed by atoms with van der Waals surface area (Å²) in [6, 6.07) is 12.9. The van der Waals surface area contributed by atoms with Crippen LogP contribution in [0.25, 0.3) is 5.69 Å². The molecular formula is C23H24ClFN2. The SMILES string of the molecule is Cc1cc(Cc2cccc(F)c2)nn1-c1c(Cl)ccc2c1CCC(C)CC2. The predicted octanol–water partition coefficient (Wildman–Crippen LogP) is 6.08. The van der Waals surface area contributed by atoms with Crippen LogP contribution in [0, 0.1) is 18.7 Å². The van der Waals surface area contributed by atoms with Crippen LogP contribution < -0.4 is 0 Å². The zero-order valence-corrected chi connectivity index (χ0v) is 16.6. The molecule has 0 saturated carbocycles. The zero-order valence-electron chi connectivity index (χ0n) is 15.8. The van der Waals surface area contributed by atoms with E-state index in [0.29, 0.717) is 6.42 Å². The van der Waals surface area contributed by atoms with Crippen LogP contribution in [-0.4, -0.2) is 9.78 Å². The summed E-state index contributed by atoms with van der Waals surface area (Å²) in [5.74, 6) is 0.514. The monoisotopic (exact) mass is 382 g/mol. The third kappa shape index (κ3) is 3.79. The van der Waals surface area contributed by atoms with E-state index >= 15 is 0 Å². The minimum atomic E-state index is -0.214. The van der Waals surface area contributed by atoms with E-state index in [1.165, 1.54) is 30.0 Å². The van der Waals surface area contributed by atoms with Gasteiger partial charge in [-0.1, -0.05) is 36.7 Å². The van der Waals surface area contributed by atoms with Crippen LogP contribution in [0.5, 0.6) is 0 Å². The van der Waals surface area contributed by atoms with Gasteiger partial charge in [0.1, 0.15) is 5.82 Å². The Bertz CT molecular complexity index is 977. The molecule has 2 aromatic carbocycles. The molecule has 0 saturated heterocycles. The van der Waals surface area contributed by atoms with Gasteiger partial charge in [-0.25, -0.2) is 9.07 Å². The van der Waals surface area contributed by atoms with Gasteiger partial charge in [0.05, 0.1) is 16.4 Å². The number of hydrogen-bond acceptors (Lipinski definition) is 1. The molecule has 3 aromatic rings. The van der Waals surface area contributed by atoms with Gasteiger partial charge in [0, 0.05) is 12.1 Å². The van der Waals surface area contributed by atoms with E-state index < -0.39 is 0 Å². The second-order valence-corrected chi connectivity index (χ2v) is 8.12. The second kappa shape index (κ2) is 7.47. The van der Waals surface area contributed by atoms with E-state index in [4.69, 9.17) is 16.7 Å². The fourth-order valence-electron chi connectivity index (χ4n) is 4.04. The van der Waals surface area contributed by atoms with E-state index in [-0.39, 0.29) is 5.82 Å². The Kier molecular flexibility index (Phi) is 5.05. The number of rotatable bonds is 3. The topological polar surface area (TPSA) is 17.8 Å². The number of fused-ring (bicyclic) bond motifs is 1. The lowest BCUT2D eigenvalue weighted by Gasteiger charge is -2.16. The summed E-state index contributed by atoms with van der Waals surface area (Å²) in [5.41, 5.74) is 6.64. The lowest BCUT2D eigenvalue weighted by molar-refractivity contribution is 0.509. The van der Waals surface area contributed by atoms with E-state index in [1.807, 2.05) is 16.8 Å². The minimum Gasteiger partial charge on any atom is -0.236 e. The van der Waals surface area contributed by atoms with Crippen LogP contribution >= 0.6 is 11.6 Å². The molecule has 0 bridgehead atoms. The van der Waals surface area contributed by atoms with Gasteiger partial charge in [-0.05, 0) is 79.5 Å². The van der Waals surface area contributed by atoms with Crippen molar-refractivity contribution in [3.8, 4) is 5.69 Å². The molecule has 2 nitrogen and oxygen atoms in total. The predicted molar refractivity (Wildman–Crippen MR) is 108 cm³/mol. The van der Waals surface area contributed by atoms with Gasteiger partial charge >= 0.3 is 0 Å². The smallest absolute Gasteiger partial charge is 0.123 e. The largest absolute Gasteiger partial charge is 0.236 e. The highest BCUT2D eigenvalue weighted by Crippen LogP contribution is 2.34. The van der Waals surface area contributed by atoms with Crippen LogP contribution in [-0.2, 0) is 19.3 Å². The van der Waals surface area contributed by atoms with E-state index in [0.717, 1.165) is 46.4 Å². The van der Waals surface area contributed by atoms with Crippen LogP contribution in [0.4, 0.5) is 4.39 Å². The summed E-state index contributed by atoms with van der Waals surface area (Å²) in [6.07, 6.45) is 5.13. The van der Waals surface area contributed by atoms with Crippen molar-refractivity contribution in [2.24, 2.45) is 5.92 Å². The third-order valence-electron chi connectivity index (χ3n) is 5.55. The summed E-state index contributed by atoms with van der Waals surface area (Å²) in [4.78, 5) is 0. The maximum atomic E-state index is 13.5. The molecule has 0 N–H and O–H groups in total. The van der Waals surface area contributed by atoms with E-state index in [9.17, 15) is 4.39 Å². The zero-order chi connectivity index (χ0) is 19.0. The lowest BCUT2D eigenvalue weighted by atomic mass is 10.0. The number of benzene rings is 2. The molecule has 1 aliphatic carbocycles. The first-order valence-corrected chi connectivity index (χ1v) is 9.99. The Labute approximate surface area is 165 Å². The molecule has 4 rings (SSSR count). The molecule has 1 unspecified atom stereocenters. The number of aryl methyl sites for hydroxylation is 2. The summed E-state index contributed by atoms with van der Waals surface area (Å²) in [7, 11) is 0. The highest BCUT2D eigenvalue weighted by molar-refractivity contribution is 6.32. The number of hydrogen-bond donors (Lipinski definition) is 0. The van der Waals surface area contributed by atoms with Crippen molar-refractivity contribution in [3.63, 3.8) is 0 Å². The summed E-state index contributed by atoms with van der Waals surface area (Å²) in [6.45, 7) is 4.38. The Morgan fingerprint density at radius 1 is 1.15 bits per heavy atom. The lowest BCUT2D eigenvalue weighted by Crippen LogP contribution is -2.07. The number of aromatic nitrogens is 2. The first kappa shape index (κ1) is 18.2. The van der Waals surface area contributed by atoms with Crippen molar-refractivity contribution in [1.82, 2.24) is 9.78 Å². The molecule has 1 atom stereocenters. The molecule has 0 spiro atoms. The molecule has 140 valence electrons. The average Bonchev–Trinajstić information content (AvgIpc) is 2.86. The highest BCUT2D eigenvalue weighted by atomic mass is 35.5. The third-order valence-corrected chi connectivity index (χ3v) is 5.85. The summed E-state index contributed by atoms with van der Waals surface area (Å²) >= 11 is 6.64. The number of nitrogens with zero attached hydrogens (tertiary/aromatic N) is 2. The van der Waals surface area contributed by atoms with E-state index in [1.54, 1.807) is 12.1 Å². The van der Waals surface area contributed by atoms with Gasteiger partial charge in [0.15, 0.2) is 0 Å². The van der Waals surface area contributed by atoms with Crippen LogP contribution in [0.15, 0.2) is 42.5 Å². The molecular weight excluding hydrogens is 359 g/mol. The Morgan fingerprint density at radius 2 is 1.96 bits per heavy atom. The quantitative estimate of drug-likeness (QED) is 0.502. The fourth-order valence-corrected chi connectivity index (χ4v) is 4.29. The van der Waals surface area contributed by atoms with Crippen molar-refractivity contribution in [2.45, 2.75) is 46.0 Å². The molecule has 0 fully saturated rings. The molecule has 27 heavy (non-hydrogen) atoms. The standard InChI is InChI=1S/C23H24ClFN2/c1-15-6-8-18-9-11-22(24)23(21(18)10-7-15)27-16(2)12-20(26-27)14-17-4-3-5-19(25)13-17/h3-5,9,11-13,15H,6-8,10,14H2,1-2H3. The molecule has 4 heteroatoms. The first-order chi connectivity index (χ1) is 13.0. The molecule has 0 radical (unpaired) electrons. The van der Waals surface area contributed by atoms with Gasteiger partial charge in [-0.15, -0.1) is 0 Å². The molecule has 1 aliphatic rings. The molecule has 0 aliphatic heterocycles. The van der Waals surface area contributed by atoms with Gasteiger partial charge < -0.3 is 0 Å². The van der Waals surface area contributed by atoms with Gasteiger partial charge in [0.25, 0.3) is 0 Å². The van der Waals surface area contributed by atoms with Crippen molar-refractivity contribution in [1.29, 1.82) is 0 Å². The van der Waals surface area contributed by atoms with Gasteiger partial charge in [0.2, 0.25) is 0 Å². The van der Waals surface area contributed by atoms with Crippen molar-refractivity contribution in [2.75, 3.05) is 0 Å². The maximum absolute atomic E-state index is 13.5. The average molecular weight is 383 g/mol. The van der Waals surface area contributed by atoms with Crippen LogP contribution in [0.1, 0.15) is 47.8 Å². The van der Waals surface area contributed by atoms with Gasteiger partial charge in [-0.3, -0.25) is 0 Å². The minimum absolute atomic E-state index is 0.214. The van der Waals surface area contributed by atoms with Crippen LogP contribution in [0.2, 0.25) is 5.02 Å². The summed E-state index contributed by atoms with van der Waals surface area (Å²) < 4.78 is 15.5. The maximum Gasteiger partial charge on any atom is 0.123 e. The second-order valence-electron chi connectivity index (χ2n) is 7.71.